The number of nitrogens with zero attached hydrogens (tertiary/aromatic N) is 1. The number of benzene rings is 1. The summed E-state index contributed by atoms with van der Waals surface area (Å²) in [5, 5.41) is 26.8. The smallest absolute Gasteiger partial charge is 0.272 e. The minimum absolute atomic E-state index is 0.0115. The maximum absolute atomic E-state index is 15.1. The van der Waals surface area contributed by atoms with E-state index >= 15 is 8.78 Å². The molecule has 0 bridgehead atoms. The number of nitrogens with one attached hydrogen (secondary N) is 2. The lowest BCUT2D eigenvalue weighted by molar-refractivity contribution is -0.150. The van der Waals surface area contributed by atoms with Crippen molar-refractivity contribution in [1.82, 2.24) is 15.5 Å². The molecule has 1 saturated heterocycles. The van der Waals surface area contributed by atoms with E-state index in [1.165, 1.54) is 38.1 Å². The minimum Gasteiger partial charge on any atom is -0.393 e. The van der Waals surface area contributed by atoms with Gasteiger partial charge in [-0.05, 0) is 49.3 Å². The van der Waals surface area contributed by atoms with Gasteiger partial charge in [0, 0.05) is 6.54 Å². The lowest BCUT2D eigenvalue weighted by Crippen LogP contribution is -2.59. The van der Waals surface area contributed by atoms with Gasteiger partial charge in [0.25, 0.3) is 11.8 Å². The van der Waals surface area contributed by atoms with Crippen LogP contribution < -0.4 is 10.6 Å². The van der Waals surface area contributed by atoms with E-state index in [0.29, 0.717) is 29.7 Å². The zero-order valence-electron chi connectivity index (χ0n) is 23.4. The maximum atomic E-state index is 15.1. The van der Waals surface area contributed by atoms with Crippen molar-refractivity contribution in [2.45, 2.75) is 83.6 Å². The van der Waals surface area contributed by atoms with Crippen molar-refractivity contribution in [3.8, 4) is 0 Å². The van der Waals surface area contributed by atoms with Gasteiger partial charge in [-0.25, -0.2) is 13.2 Å². The Morgan fingerprint density at radius 3 is 2.55 bits per heavy atom. The molecule has 6 atom stereocenters. The van der Waals surface area contributed by atoms with Crippen molar-refractivity contribution in [2.75, 3.05) is 13.1 Å². The number of amides is 3. The van der Waals surface area contributed by atoms with Gasteiger partial charge >= 0.3 is 0 Å². The average Bonchev–Trinajstić information content (AvgIpc) is 3.08. The largest absolute Gasteiger partial charge is 0.393 e. The molecule has 4 N–H and O–H groups in total. The van der Waals surface area contributed by atoms with E-state index < -0.39 is 77.0 Å². The highest BCUT2D eigenvalue weighted by Gasteiger charge is 2.64. The molecule has 1 saturated carbocycles. The van der Waals surface area contributed by atoms with Crippen molar-refractivity contribution in [3.05, 3.63) is 48.3 Å². The number of hydrogen-bond acceptors (Lipinski definition) is 5. The minimum atomic E-state index is -3.46. The molecule has 0 spiro atoms. The van der Waals surface area contributed by atoms with Gasteiger partial charge in [0.15, 0.2) is 6.10 Å². The molecule has 11 heteroatoms. The summed E-state index contributed by atoms with van der Waals surface area (Å²) in [5.41, 5.74) is -2.64. The monoisotopic (exact) mass is 567 g/mol. The highest BCUT2D eigenvalue weighted by molar-refractivity contribution is 5.92. The molecule has 1 aliphatic carbocycles. The van der Waals surface area contributed by atoms with Crippen LogP contribution in [0.2, 0.25) is 0 Å². The van der Waals surface area contributed by atoms with Crippen LogP contribution in [0.4, 0.5) is 13.2 Å². The Balaban J connectivity index is 1.95. The molecule has 3 amide bonds. The summed E-state index contributed by atoms with van der Waals surface area (Å²) in [7, 11) is 0. The molecule has 1 aliphatic heterocycles. The third-order valence-corrected chi connectivity index (χ3v) is 8.85. The molecule has 8 nitrogen and oxygen atoms in total. The number of carbonyl (C=O) groups excluding carboxylic acids is 3. The summed E-state index contributed by atoms with van der Waals surface area (Å²) < 4.78 is 44.1. The van der Waals surface area contributed by atoms with Crippen LogP contribution in [0.25, 0.3) is 0 Å². The van der Waals surface area contributed by atoms with Crippen LogP contribution in [-0.4, -0.2) is 76.1 Å². The maximum Gasteiger partial charge on any atom is 0.272 e. The standard InChI is InChI=1S/C29H40F3N3O5/c1-6-13-33-24(38)23-27(3,4)29(31,32)16-35(23)25(39)22(37)20(15-18-9-7-10-19(30)14-18)34-26(40)28(5)12-8-11-21(36)17(28)2/h6-7,9-10,14,17,20-23,36-37H,1,8,11-13,15-16H2,2-5H3,(H,33,38)(H,34,40)/t17?,20-,21?,22?,23?,28?/m0/s1. The van der Waals surface area contributed by atoms with Crippen molar-refractivity contribution in [2.24, 2.45) is 16.7 Å². The second-order valence-corrected chi connectivity index (χ2v) is 11.9. The van der Waals surface area contributed by atoms with Gasteiger partial charge in [-0.15, -0.1) is 6.58 Å². The zero-order chi connectivity index (χ0) is 30.0. The van der Waals surface area contributed by atoms with Crippen molar-refractivity contribution in [1.29, 1.82) is 0 Å². The molecule has 222 valence electrons. The SMILES string of the molecule is C=CCNC(=O)C1N(C(=O)C(O)[C@H](Cc2cccc(F)c2)NC(=O)C2(C)CCCC(O)C2C)CC(F)(F)C1(C)C. The highest BCUT2D eigenvalue weighted by atomic mass is 19.3. The molecule has 0 aromatic heterocycles. The third-order valence-electron chi connectivity index (χ3n) is 8.85. The van der Waals surface area contributed by atoms with E-state index in [-0.39, 0.29) is 13.0 Å². The first kappa shape index (κ1) is 31.6. The summed E-state index contributed by atoms with van der Waals surface area (Å²) in [4.78, 5) is 40.8. The molecule has 1 aromatic carbocycles. The fourth-order valence-electron chi connectivity index (χ4n) is 5.78. The molecule has 2 fully saturated rings. The number of aliphatic hydroxyl groups is 2. The van der Waals surface area contributed by atoms with Gasteiger partial charge in [-0.2, -0.15) is 0 Å². The Kier molecular flexibility index (Phi) is 9.40. The van der Waals surface area contributed by atoms with Crippen molar-refractivity contribution < 1.29 is 37.8 Å². The molecule has 1 aromatic rings. The summed E-state index contributed by atoms with van der Waals surface area (Å²) in [6.07, 6.45) is 0.00124. The first-order valence-electron chi connectivity index (χ1n) is 13.5. The van der Waals surface area contributed by atoms with Crippen molar-refractivity contribution >= 4 is 17.7 Å². The van der Waals surface area contributed by atoms with Crippen LogP contribution in [0.15, 0.2) is 36.9 Å². The predicted octanol–water partition coefficient (Wildman–Crippen LogP) is 2.58. The molecule has 0 radical (unpaired) electrons. The summed E-state index contributed by atoms with van der Waals surface area (Å²) >= 11 is 0. The molecular formula is C29H40F3N3O5. The third kappa shape index (κ3) is 6.05. The Hall–Kier alpha value is -2.92. The van der Waals surface area contributed by atoms with Crippen LogP contribution in [-0.2, 0) is 20.8 Å². The second-order valence-electron chi connectivity index (χ2n) is 11.9. The fraction of sp³-hybridized carbons (Fsp3) is 0.621. The van der Waals surface area contributed by atoms with Crippen LogP contribution >= 0.6 is 0 Å². The van der Waals surface area contributed by atoms with Gasteiger partial charge in [0.2, 0.25) is 11.8 Å². The molecular weight excluding hydrogens is 527 g/mol. The summed E-state index contributed by atoms with van der Waals surface area (Å²) in [5.74, 6) is -6.97. The van der Waals surface area contributed by atoms with Gasteiger partial charge < -0.3 is 25.7 Å². The van der Waals surface area contributed by atoms with E-state index in [1.807, 2.05) is 0 Å². The second kappa shape index (κ2) is 11.9. The van der Waals surface area contributed by atoms with Crippen LogP contribution in [0.3, 0.4) is 0 Å². The topological polar surface area (TPSA) is 119 Å². The van der Waals surface area contributed by atoms with Crippen LogP contribution in [0.5, 0.6) is 0 Å². The number of aliphatic hydroxyl groups excluding tert-OH is 2. The Labute approximate surface area is 233 Å². The molecule has 1 heterocycles. The highest BCUT2D eigenvalue weighted by Crippen LogP contribution is 2.48. The van der Waals surface area contributed by atoms with E-state index in [9.17, 15) is 29.0 Å². The van der Waals surface area contributed by atoms with E-state index in [2.05, 4.69) is 17.2 Å². The normalized spacial score (nSPS) is 28.8. The number of alkyl halides is 2. The number of halogens is 3. The van der Waals surface area contributed by atoms with Gasteiger partial charge in [-0.1, -0.05) is 45.9 Å². The first-order chi connectivity index (χ1) is 18.6. The van der Waals surface area contributed by atoms with E-state index in [4.69, 9.17) is 0 Å². The Morgan fingerprint density at radius 2 is 1.93 bits per heavy atom. The summed E-state index contributed by atoms with van der Waals surface area (Å²) in [6.45, 7) is 8.15. The van der Waals surface area contributed by atoms with E-state index in [1.54, 1.807) is 19.9 Å². The van der Waals surface area contributed by atoms with Gasteiger partial charge in [0.1, 0.15) is 11.9 Å². The van der Waals surface area contributed by atoms with Crippen LogP contribution in [0, 0.1) is 22.6 Å². The lowest BCUT2D eigenvalue weighted by Gasteiger charge is -2.42. The van der Waals surface area contributed by atoms with Gasteiger partial charge in [-0.3, -0.25) is 14.4 Å². The Bertz CT molecular complexity index is 1130. The predicted molar refractivity (Wildman–Crippen MR) is 143 cm³/mol. The molecule has 3 rings (SSSR count). The molecule has 40 heavy (non-hydrogen) atoms. The average molecular weight is 568 g/mol. The number of carbonyl (C=O) groups is 3. The molecule has 5 unspecified atom stereocenters. The summed E-state index contributed by atoms with van der Waals surface area (Å²) in [6, 6.07) is 2.44. The van der Waals surface area contributed by atoms with E-state index in [0.717, 1.165) is 0 Å². The Morgan fingerprint density at radius 1 is 1.25 bits per heavy atom. The number of hydrogen-bond donors (Lipinski definition) is 4. The molecule has 2 aliphatic rings. The lowest BCUT2D eigenvalue weighted by atomic mass is 9.66. The zero-order valence-corrected chi connectivity index (χ0v) is 23.4. The van der Waals surface area contributed by atoms with Crippen LogP contribution in [0.1, 0.15) is 52.5 Å². The van der Waals surface area contributed by atoms with Crippen molar-refractivity contribution in [3.63, 3.8) is 0 Å². The quantitative estimate of drug-likeness (QED) is 0.342. The number of rotatable bonds is 9. The first-order valence-corrected chi connectivity index (χ1v) is 13.5. The van der Waals surface area contributed by atoms with Gasteiger partial charge in [0.05, 0.1) is 29.5 Å². The number of likely N-dealkylation sites (tertiary alicyclic amines) is 1. The fourth-order valence-corrected chi connectivity index (χ4v) is 5.78.